The van der Waals surface area contributed by atoms with E-state index in [0.29, 0.717) is 0 Å². The number of anilines is 2. The van der Waals surface area contributed by atoms with Crippen LogP contribution in [0, 0.1) is 0 Å². The van der Waals surface area contributed by atoms with Crippen LogP contribution in [-0.2, 0) is 0 Å². The van der Waals surface area contributed by atoms with Crippen molar-refractivity contribution in [2.45, 2.75) is 104 Å². The molecule has 6 heteroatoms. The van der Waals surface area contributed by atoms with Gasteiger partial charge in [-0.15, -0.1) is 0 Å². The smallest absolute Gasteiger partial charge is 0.413 e. The quantitative estimate of drug-likeness (QED) is 0.383. The average Bonchev–Trinajstić information content (AvgIpc) is 2.77. The van der Waals surface area contributed by atoms with E-state index in [-0.39, 0.29) is 36.5 Å². The van der Waals surface area contributed by atoms with Crippen molar-refractivity contribution < 1.29 is 5.02 Å². The van der Waals surface area contributed by atoms with Crippen LogP contribution < -0.4 is 9.62 Å². The van der Waals surface area contributed by atoms with E-state index in [4.69, 9.17) is 0 Å². The van der Waals surface area contributed by atoms with E-state index in [1.54, 1.807) is 0 Å². The minimum absolute atomic E-state index is 0.221. The molecular formula is C24H45BN2OP2. The average molecular weight is 450 g/mol. The van der Waals surface area contributed by atoms with E-state index >= 15 is 0 Å². The van der Waals surface area contributed by atoms with Gasteiger partial charge in [0, 0.05) is 12.6 Å². The van der Waals surface area contributed by atoms with Gasteiger partial charge in [-0.25, -0.2) is 0 Å². The molecule has 0 unspecified atom stereocenters. The van der Waals surface area contributed by atoms with Gasteiger partial charge in [0.15, 0.2) is 0 Å². The van der Waals surface area contributed by atoms with E-state index in [9.17, 15) is 5.02 Å². The predicted molar refractivity (Wildman–Crippen MR) is 142 cm³/mol. The van der Waals surface area contributed by atoms with E-state index < -0.39 is 7.19 Å². The second kappa shape index (κ2) is 8.57. The number of hydrogen-bond donors (Lipinski definition) is 1. The topological polar surface area (TPSA) is 26.7 Å². The molecule has 1 aromatic rings. The summed E-state index contributed by atoms with van der Waals surface area (Å²) in [6.45, 7) is 28.3. The first-order chi connectivity index (χ1) is 13.3. The molecule has 0 aromatic heterocycles. The lowest BCUT2D eigenvalue weighted by Gasteiger charge is -2.45. The molecule has 1 N–H and O–H groups in total. The summed E-state index contributed by atoms with van der Waals surface area (Å²) in [6.07, 6.45) is 1.83. The van der Waals surface area contributed by atoms with Gasteiger partial charge in [0.1, 0.15) is 0 Å². The maximum absolute atomic E-state index is 11.6. The molecule has 0 saturated carbocycles. The Morgan fingerprint density at radius 2 is 0.900 bits per heavy atom. The van der Waals surface area contributed by atoms with Gasteiger partial charge in [-0.1, -0.05) is 111 Å². The maximum Gasteiger partial charge on any atom is 0.546 e. The Morgan fingerprint density at radius 3 is 1.13 bits per heavy atom. The van der Waals surface area contributed by atoms with Crippen molar-refractivity contribution in [1.29, 1.82) is 0 Å². The fourth-order valence-electron chi connectivity index (χ4n) is 4.83. The van der Waals surface area contributed by atoms with Gasteiger partial charge in [0.25, 0.3) is 0 Å². The monoisotopic (exact) mass is 450 g/mol. The predicted octanol–water partition coefficient (Wildman–Crippen LogP) is 7.36. The van der Waals surface area contributed by atoms with Crippen molar-refractivity contribution in [3.63, 3.8) is 0 Å². The van der Waals surface area contributed by atoms with Crippen LogP contribution in [0.25, 0.3) is 0 Å². The summed E-state index contributed by atoms with van der Waals surface area (Å²) in [4.78, 5) is 4.55. The van der Waals surface area contributed by atoms with Crippen molar-refractivity contribution >= 4 is 34.4 Å². The van der Waals surface area contributed by atoms with Crippen LogP contribution in [-0.4, -0.2) is 45.4 Å². The van der Waals surface area contributed by atoms with Crippen molar-refractivity contribution in [3.8, 4) is 0 Å². The molecule has 0 fully saturated rings. The van der Waals surface area contributed by atoms with Crippen molar-refractivity contribution in [1.82, 2.24) is 0 Å². The number of nitrogens with zero attached hydrogens (tertiary/aromatic N) is 2. The first-order valence-electron chi connectivity index (χ1n) is 11.2. The summed E-state index contributed by atoms with van der Waals surface area (Å²) in [7, 11) is -1.28. The number of benzene rings is 1. The summed E-state index contributed by atoms with van der Waals surface area (Å²) in [5.74, 6) is 0. The molecule has 1 aliphatic rings. The minimum Gasteiger partial charge on any atom is -0.413 e. The van der Waals surface area contributed by atoms with E-state index in [0.717, 1.165) is 12.6 Å². The second-order valence-corrected chi connectivity index (χ2v) is 20.2. The van der Waals surface area contributed by atoms with Crippen LogP contribution in [0.15, 0.2) is 24.3 Å². The van der Waals surface area contributed by atoms with Crippen LogP contribution in [0.3, 0.4) is 0 Å². The molecule has 0 saturated heterocycles. The minimum atomic E-state index is -0.591. The normalized spacial score (nSPS) is 16.2. The van der Waals surface area contributed by atoms with Crippen LogP contribution in [0.4, 0.5) is 11.4 Å². The lowest BCUT2D eigenvalue weighted by molar-refractivity contribution is 0.564. The second-order valence-electron chi connectivity index (χ2n) is 12.6. The zero-order valence-corrected chi connectivity index (χ0v) is 23.3. The van der Waals surface area contributed by atoms with E-state index in [1.807, 2.05) is 0 Å². The van der Waals surface area contributed by atoms with Gasteiger partial charge < -0.3 is 14.6 Å². The highest BCUT2D eigenvalue weighted by Gasteiger charge is 2.47. The van der Waals surface area contributed by atoms with Gasteiger partial charge in [0.2, 0.25) is 0 Å². The van der Waals surface area contributed by atoms with Crippen LogP contribution >= 0.6 is 15.8 Å². The summed E-state index contributed by atoms with van der Waals surface area (Å²) in [5, 5.41) is 12.5. The number of hydrogen-bond acceptors (Lipinski definition) is 3. The van der Waals surface area contributed by atoms with Crippen LogP contribution in [0.2, 0.25) is 0 Å². The largest absolute Gasteiger partial charge is 0.546 e. The van der Waals surface area contributed by atoms with Crippen molar-refractivity contribution in [2.75, 3.05) is 22.2 Å². The Kier molecular flexibility index (Phi) is 7.42. The number of para-hydroxylation sites is 2. The lowest BCUT2D eigenvalue weighted by atomic mass is 10.00. The third-order valence-electron chi connectivity index (χ3n) is 5.88. The first-order valence-corrected chi connectivity index (χ1v) is 14.3. The summed E-state index contributed by atoms with van der Waals surface area (Å²) in [5.41, 5.74) is 2.37. The molecule has 0 aliphatic carbocycles. The molecule has 1 aliphatic heterocycles. The summed E-state index contributed by atoms with van der Waals surface area (Å²) < 4.78 is 0. The molecule has 0 amide bonds. The van der Waals surface area contributed by atoms with E-state index in [1.165, 1.54) is 11.4 Å². The van der Waals surface area contributed by atoms with Crippen molar-refractivity contribution in [2.24, 2.45) is 0 Å². The fraction of sp³-hybridized carbons (Fsp3) is 0.750. The molecule has 1 aromatic carbocycles. The molecule has 0 bridgehead atoms. The zero-order chi connectivity index (χ0) is 23.3. The Morgan fingerprint density at radius 1 is 0.633 bits per heavy atom. The molecule has 3 nitrogen and oxygen atoms in total. The molecule has 0 spiro atoms. The van der Waals surface area contributed by atoms with Crippen LogP contribution in [0.1, 0.15) is 83.1 Å². The number of fused-ring (bicyclic) bond motifs is 1. The Balaban J connectivity index is 2.44. The molecule has 170 valence electrons. The highest BCUT2D eigenvalue weighted by atomic mass is 31.1. The third kappa shape index (κ3) is 5.73. The molecule has 0 atom stereocenters. The molecule has 2 rings (SSSR count). The Hall–Kier alpha value is -0.295. The van der Waals surface area contributed by atoms with Crippen LogP contribution in [0.5, 0.6) is 0 Å². The summed E-state index contributed by atoms with van der Waals surface area (Å²) >= 11 is 0. The van der Waals surface area contributed by atoms with Gasteiger partial charge in [-0.3, -0.25) is 0 Å². The first kappa shape index (κ1) is 26.0. The molecule has 0 radical (unpaired) electrons. The van der Waals surface area contributed by atoms with Gasteiger partial charge >= 0.3 is 7.19 Å². The van der Waals surface area contributed by atoms with Gasteiger partial charge in [-0.05, 0) is 32.8 Å². The maximum atomic E-state index is 11.6. The Bertz CT molecular complexity index is 639. The highest BCUT2D eigenvalue weighted by Crippen LogP contribution is 2.62. The van der Waals surface area contributed by atoms with Gasteiger partial charge in [-0.2, -0.15) is 0 Å². The highest BCUT2D eigenvalue weighted by molar-refractivity contribution is 7.61. The SMILES string of the molecule is CC(C)(C)P(CN1B(O)N(CP(C(C)(C)C)C(C)(C)C)c2ccccc21)C(C)(C)C. The number of rotatable bonds is 4. The van der Waals surface area contributed by atoms with Gasteiger partial charge in [0.05, 0.1) is 11.4 Å². The third-order valence-corrected chi connectivity index (χ3v) is 13.5. The lowest BCUT2D eigenvalue weighted by Crippen LogP contribution is -2.51. The zero-order valence-electron chi connectivity index (χ0n) is 21.5. The summed E-state index contributed by atoms with van der Waals surface area (Å²) in [6, 6.07) is 8.59. The molecule has 30 heavy (non-hydrogen) atoms. The standard InChI is InChI=1S/C24H45BN2OP2/c1-21(2,3)29(22(4,5)6)17-26-19-15-13-14-16-20(19)27(25(26)28)18-30(23(7,8)9)24(10,11)12/h13-16,28H,17-18H2,1-12H3. The molecule has 1 heterocycles. The van der Waals surface area contributed by atoms with Crippen molar-refractivity contribution in [3.05, 3.63) is 24.3 Å². The fourth-order valence-corrected chi connectivity index (χ4v) is 11.8. The molecular weight excluding hydrogens is 405 g/mol. The Labute approximate surface area is 189 Å². The van der Waals surface area contributed by atoms with E-state index in [2.05, 4.69) is 117 Å².